The second kappa shape index (κ2) is 13.6. The third-order valence-corrected chi connectivity index (χ3v) is 10.4. The zero-order valence-electron chi connectivity index (χ0n) is 24.1. The highest BCUT2D eigenvalue weighted by atomic mass is 32.1. The molecule has 8 nitrogen and oxygen atoms in total. The van der Waals surface area contributed by atoms with Gasteiger partial charge in [0.15, 0.2) is 0 Å². The molecule has 1 aromatic carbocycles. The Morgan fingerprint density at radius 2 is 1.02 bits per heavy atom. The van der Waals surface area contributed by atoms with Gasteiger partial charge in [-0.05, 0) is 80.7 Å². The summed E-state index contributed by atoms with van der Waals surface area (Å²) < 4.78 is 10.2. The third kappa shape index (κ3) is 6.44. The van der Waals surface area contributed by atoms with Crippen LogP contribution in [0, 0.1) is 0 Å². The molecule has 222 valence electrons. The van der Waals surface area contributed by atoms with Gasteiger partial charge in [0.1, 0.15) is 10.0 Å². The number of benzene rings is 1. The van der Waals surface area contributed by atoms with Crippen LogP contribution in [0.4, 0.5) is 10.0 Å². The molecule has 42 heavy (non-hydrogen) atoms. The number of esters is 2. The molecular weight excluding hydrogens is 572 g/mol. The quantitative estimate of drug-likeness (QED) is 0.286. The highest BCUT2D eigenvalue weighted by Crippen LogP contribution is 2.39. The van der Waals surface area contributed by atoms with E-state index in [9.17, 15) is 19.2 Å². The van der Waals surface area contributed by atoms with E-state index in [-0.39, 0.29) is 11.1 Å². The zero-order valence-corrected chi connectivity index (χ0v) is 25.7. The van der Waals surface area contributed by atoms with E-state index in [1.165, 1.54) is 43.0 Å². The number of thiophene rings is 2. The molecule has 0 aliphatic heterocycles. The van der Waals surface area contributed by atoms with Gasteiger partial charge in [0.25, 0.3) is 11.8 Å². The van der Waals surface area contributed by atoms with Crippen LogP contribution in [-0.2, 0) is 35.2 Å². The highest BCUT2D eigenvalue weighted by molar-refractivity contribution is 7.17. The first-order valence-corrected chi connectivity index (χ1v) is 16.2. The van der Waals surface area contributed by atoms with E-state index in [1.54, 1.807) is 18.2 Å². The molecule has 2 N–H and O–H groups in total. The molecule has 0 unspecified atom stereocenters. The number of methoxy groups -OCH3 is 2. The number of aryl methyl sites for hydroxylation is 2. The van der Waals surface area contributed by atoms with Crippen LogP contribution in [0.2, 0.25) is 0 Å². The first kappa shape index (κ1) is 30.0. The molecule has 0 saturated heterocycles. The minimum Gasteiger partial charge on any atom is -0.465 e. The van der Waals surface area contributed by atoms with Gasteiger partial charge in [-0.2, -0.15) is 0 Å². The molecule has 2 heterocycles. The maximum absolute atomic E-state index is 13.4. The molecule has 2 aromatic heterocycles. The van der Waals surface area contributed by atoms with Crippen LogP contribution < -0.4 is 10.6 Å². The lowest BCUT2D eigenvalue weighted by Crippen LogP contribution is -2.17. The maximum atomic E-state index is 13.4. The van der Waals surface area contributed by atoms with Crippen molar-refractivity contribution in [1.29, 1.82) is 0 Å². The lowest BCUT2D eigenvalue weighted by molar-refractivity contribution is 0.0592. The number of fused-ring (bicyclic) bond motifs is 2. The summed E-state index contributed by atoms with van der Waals surface area (Å²) in [6.45, 7) is 0. The van der Waals surface area contributed by atoms with Crippen LogP contribution in [0.3, 0.4) is 0 Å². The lowest BCUT2D eigenvalue weighted by atomic mass is 9.96. The Hall–Kier alpha value is -3.50. The van der Waals surface area contributed by atoms with Crippen LogP contribution in [0.25, 0.3) is 0 Å². The number of carbonyl (C=O) groups excluding carboxylic acids is 4. The predicted molar refractivity (Wildman–Crippen MR) is 165 cm³/mol. The number of ether oxygens (including phenoxy) is 2. The molecule has 10 heteroatoms. The van der Waals surface area contributed by atoms with E-state index in [0.29, 0.717) is 21.1 Å². The van der Waals surface area contributed by atoms with Crippen molar-refractivity contribution >= 4 is 56.4 Å². The molecule has 5 rings (SSSR count). The largest absolute Gasteiger partial charge is 0.465 e. The zero-order chi connectivity index (χ0) is 29.6. The van der Waals surface area contributed by atoms with Gasteiger partial charge in [-0.3, -0.25) is 9.59 Å². The molecule has 0 atom stereocenters. The highest BCUT2D eigenvalue weighted by Gasteiger charge is 2.28. The van der Waals surface area contributed by atoms with Crippen molar-refractivity contribution in [2.24, 2.45) is 0 Å². The number of carbonyl (C=O) groups is 4. The summed E-state index contributed by atoms with van der Waals surface area (Å²) in [5.74, 6) is -1.75. The molecule has 2 aliphatic rings. The average Bonchev–Trinajstić information content (AvgIpc) is 3.47. The first-order chi connectivity index (χ1) is 20.4. The van der Waals surface area contributed by atoms with Gasteiger partial charge >= 0.3 is 11.9 Å². The Morgan fingerprint density at radius 3 is 1.43 bits per heavy atom. The maximum Gasteiger partial charge on any atom is 0.341 e. The summed E-state index contributed by atoms with van der Waals surface area (Å²) in [5.41, 5.74) is 3.38. The number of amides is 2. The van der Waals surface area contributed by atoms with Gasteiger partial charge in [-0.15, -0.1) is 22.7 Å². The van der Waals surface area contributed by atoms with Gasteiger partial charge in [0.2, 0.25) is 0 Å². The number of rotatable bonds is 6. The topological polar surface area (TPSA) is 111 Å². The molecule has 0 fully saturated rings. The van der Waals surface area contributed by atoms with Crippen molar-refractivity contribution in [2.75, 3.05) is 24.9 Å². The average molecular weight is 609 g/mol. The minimum atomic E-state index is -0.456. The standard InChI is InChI=1S/C32H36N2O6S2/c1-39-31(37)25-21-14-7-3-5-9-16-23(21)41-29(25)33-27(35)19-12-11-13-20(18-19)28(36)34-30-26(32(38)40-2)22-15-8-4-6-10-17-24(22)42-30/h11-13,18H,3-10,14-17H2,1-2H3,(H,33,35)(H,34,36). The Balaban J connectivity index is 1.38. The van der Waals surface area contributed by atoms with Crippen LogP contribution in [0.5, 0.6) is 0 Å². The van der Waals surface area contributed by atoms with Gasteiger partial charge in [0, 0.05) is 20.9 Å². The van der Waals surface area contributed by atoms with E-state index in [1.807, 2.05) is 0 Å². The van der Waals surface area contributed by atoms with Gasteiger partial charge in [0.05, 0.1) is 25.3 Å². The Morgan fingerprint density at radius 1 is 0.619 bits per heavy atom. The molecule has 2 amide bonds. The molecule has 0 bridgehead atoms. The number of hydrogen-bond donors (Lipinski definition) is 2. The van der Waals surface area contributed by atoms with Gasteiger partial charge < -0.3 is 20.1 Å². The lowest BCUT2D eigenvalue weighted by Gasteiger charge is -2.11. The summed E-state index contributed by atoms with van der Waals surface area (Å²) in [5, 5.41) is 6.80. The van der Waals surface area contributed by atoms with E-state index in [4.69, 9.17) is 9.47 Å². The smallest absolute Gasteiger partial charge is 0.341 e. The number of hydrogen-bond acceptors (Lipinski definition) is 8. The Kier molecular flexibility index (Phi) is 9.74. The fourth-order valence-corrected chi connectivity index (χ4v) is 8.35. The van der Waals surface area contributed by atoms with E-state index >= 15 is 0 Å². The van der Waals surface area contributed by atoms with Crippen molar-refractivity contribution in [3.05, 3.63) is 67.4 Å². The summed E-state index contributed by atoms with van der Waals surface area (Å²) in [4.78, 5) is 54.5. The molecular formula is C32H36N2O6S2. The van der Waals surface area contributed by atoms with E-state index in [2.05, 4.69) is 10.6 Å². The van der Waals surface area contributed by atoms with Crippen LogP contribution >= 0.6 is 22.7 Å². The predicted octanol–water partition coefficient (Wildman–Crippen LogP) is 7.21. The summed E-state index contributed by atoms with van der Waals surface area (Å²) >= 11 is 2.86. The Bertz CT molecular complexity index is 1400. The summed E-state index contributed by atoms with van der Waals surface area (Å²) in [6.07, 6.45) is 11.9. The van der Waals surface area contributed by atoms with Gasteiger partial charge in [-0.25, -0.2) is 9.59 Å². The van der Waals surface area contributed by atoms with E-state index in [0.717, 1.165) is 97.9 Å². The fourth-order valence-electron chi connectivity index (χ4n) is 5.80. The van der Waals surface area contributed by atoms with Crippen molar-refractivity contribution in [3.8, 4) is 0 Å². The molecule has 2 aliphatic carbocycles. The van der Waals surface area contributed by atoms with Crippen molar-refractivity contribution in [3.63, 3.8) is 0 Å². The van der Waals surface area contributed by atoms with Gasteiger partial charge in [-0.1, -0.05) is 31.7 Å². The summed E-state index contributed by atoms with van der Waals surface area (Å²) in [6, 6.07) is 6.43. The number of anilines is 2. The second-order valence-corrected chi connectivity index (χ2v) is 12.9. The Labute approximate surface area is 253 Å². The van der Waals surface area contributed by atoms with Crippen molar-refractivity contribution in [1.82, 2.24) is 0 Å². The van der Waals surface area contributed by atoms with E-state index < -0.39 is 23.8 Å². The molecule has 0 spiro atoms. The monoisotopic (exact) mass is 608 g/mol. The van der Waals surface area contributed by atoms with Crippen molar-refractivity contribution < 1.29 is 28.7 Å². The SMILES string of the molecule is COC(=O)c1c(NC(=O)c2cccc(C(=O)Nc3sc4c(c3C(=O)OC)CCCCCC4)c2)sc2c1CCCCCC2. The first-order valence-electron chi connectivity index (χ1n) is 14.6. The third-order valence-electron chi connectivity index (χ3n) is 7.96. The normalized spacial score (nSPS) is 15.1. The minimum absolute atomic E-state index is 0.283. The fraction of sp³-hybridized carbons (Fsp3) is 0.438. The number of nitrogens with one attached hydrogen (secondary N) is 2. The van der Waals surface area contributed by atoms with Crippen LogP contribution in [-0.4, -0.2) is 38.0 Å². The molecule has 0 radical (unpaired) electrons. The second-order valence-electron chi connectivity index (χ2n) is 10.7. The molecule has 0 saturated carbocycles. The van der Waals surface area contributed by atoms with Crippen LogP contribution in [0.1, 0.15) is 114 Å². The molecule has 3 aromatic rings. The summed E-state index contributed by atoms with van der Waals surface area (Å²) in [7, 11) is 2.70. The van der Waals surface area contributed by atoms with Crippen molar-refractivity contribution in [2.45, 2.75) is 77.0 Å². The van der Waals surface area contributed by atoms with Crippen LogP contribution in [0.15, 0.2) is 24.3 Å².